The van der Waals surface area contributed by atoms with E-state index in [1.165, 1.54) is 0 Å². The average Bonchev–Trinajstić information content (AvgIpc) is 2.72. The van der Waals surface area contributed by atoms with Gasteiger partial charge in [0.2, 0.25) is 0 Å². The van der Waals surface area contributed by atoms with E-state index in [9.17, 15) is 9.50 Å². The summed E-state index contributed by atoms with van der Waals surface area (Å²) in [4.78, 5) is 0. The van der Waals surface area contributed by atoms with E-state index in [2.05, 4.69) is 11.8 Å². The second-order valence-electron chi connectivity index (χ2n) is 7.05. The van der Waals surface area contributed by atoms with Crippen LogP contribution in [0.4, 0.5) is 4.39 Å². The van der Waals surface area contributed by atoms with E-state index in [0.717, 1.165) is 0 Å². The van der Waals surface area contributed by atoms with Crippen LogP contribution in [0.5, 0.6) is 0 Å². The van der Waals surface area contributed by atoms with Gasteiger partial charge in [0.05, 0.1) is 11.2 Å². The highest BCUT2D eigenvalue weighted by atomic mass is 19.1. The van der Waals surface area contributed by atoms with Gasteiger partial charge in [0.15, 0.2) is 0 Å². The van der Waals surface area contributed by atoms with Gasteiger partial charge in [-0.2, -0.15) is 0 Å². The van der Waals surface area contributed by atoms with Crippen LogP contribution in [-0.2, 0) is 9.31 Å². The predicted molar refractivity (Wildman–Crippen MR) is 94.8 cm³/mol. The van der Waals surface area contributed by atoms with Gasteiger partial charge in [-0.1, -0.05) is 30.0 Å². The summed E-state index contributed by atoms with van der Waals surface area (Å²) in [5.41, 5.74) is 0.0892. The molecule has 1 aromatic carbocycles. The molecule has 1 unspecified atom stereocenters. The zero-order valence-corrected chi connectivity index (χ0v) is 15.1. The summed E-state index contributed by atoms with van der Waals surface area (Å²) in [6, 6.07) is 7.25. The van der Waals surface area contributed by atoms with Gasteiger partial charge in [0, 0.05) is 5.56 Å². The lowest BCUT2D eigenvalue weighted by Crippen LogP contribution is -2.41. The smallest absolute Gasteiger partial charge is 0.398 e. The van der Waals surface area contributed by atoms with Crippen LogP contribution in [0.3, 0.4) is 0 Å². The summed E-state index contributed by atoms with van der Waals surface area (Å²) in [5.74, 6) is 5.58. The highest BCUT2D eigenvalue weighted by Crippen LogP contribution is 2.40. The van der Waals surface area contributed by atoms with Crippen molar-refractivity contribution in [1.82, 2.24) is 0 Å². The van der Waals surface area contributed by atoms with E-state index in [-0.39, 0.29) is 0 Å². The van der Waals surface area contributed by atoms with Crippen molar-refractivity contribution < 1.29 is 18.8 Å². The van der Waals surface area contributed by atoms with Crippen molar-refractivity contribution in [2.45, 2.75) is 58.8 Å². The van der Waals surface area contributed by atoms with Gasteiger partial charge in [-0.15, -0.1) is 0 Å². The Morgan fingerprint density at radius 3 is 2.25 bits per heavy atom. The van der Waals surface area contributed by atoms with Crippen molar-refractivity contribution in [1.29, 1.82) is 0 Å². The first-order chi connectivity index (χ1) is 11.0. The van der Waals surface area contributed by atoms with Gasteiger partial charge < -0.3 is 14.4 Å². The van der Waals surface area contributed by atoms with E-state index < -0.39 is 30.2 Å². The van der Waals surface area contributed by atoms with Gasteiger partial charge in [-0.3, -0.25) is 0 Å². The molecule has 1 aromatic rings. The van der Waals surface area contributed by atoms with E-state index >= 15 is 0 Å². The maximum absolute atomic E-state index is 15.0. The second kappa shape index (κ2) is 6.72. The molecule has 1 saturated heterocycles. The summed E-state index contributed by atoms with van der Waals surface area (Å²) < 4.78 is 26.5. The molecule has 1 N–H and O–H groups in total. The Morgan fingerprint density at radius 2 is 1.71 bits per heavy atom. The lowest BCUT2D eigenvalue weighted by Gasteiger charge is -2.32. The Kier molecular flexibility index (Phi) is 5.24. The van der Waals surface area contributed by atoms with Crippen molar-refractivity contribution in [3.8, 4) is 11.8 Å². The van der Waals surface area contributed by atoms with E-state index in [1.807, 2.05) is 39.8 Å². The molecule has 1 aliphatic heterocycles. The number of hydrogen-bond acceptors (Lipinski definition) is 3. The highest BCUT2D eigenvalue weighted by molar-refractivity contribution is 6.55. The monoisotopic (exact) mass is 330 g/mol. The first-order valence-electron chi connectivity index (χ1n) is 8.06. The number of halogens is 1. The lowest BCUT2D eigenvalue weighted by molar-refractivity contribution is 0.00578. The van der Waals surface area contributed by atoms with E-state index in [4.69, 9.17) is 9.31 Å². The fourth-order valence-corrected chi connectivity index (χ4v) is 2.35. The Hall–Kier alpha value is -1.61. The molecule has 0 amide bonds. The minimum atomic E-state index is -1.03. The summed E-state index contributed by atoms with van der Waals surface area (Å²) in [6.07, 6.45) is -0.740. The molecular weight excluding hydrogens is 306 g/mol. The molecular formula is C19H24BFO3. The Labute approximate surface area is 144 Å². The van der Waals surface area contributed by atoms with Crippen LogP contribution in [0.15, 0.2) is 30.0 Å². The minimum Gasteiger partial charge on any atom is -0.398 e. The Balaban J connectivity index is 2.40. The van der Waals surface area contributed by atoms with Crippen LogP contribution in [0.25, 0.3) is 5.57 Å². The van der Waals surface area contributed by atoms with Crippen LogP contribution in [0, 0.1) is 11.8 Å². The van der Waals surface area contributed by atoms with Crippen molar-refractivity contribution >= 4 is 12.7 Å². The van der Waals surface area contributed by atoms with Crippen LogP contribution >= 0.6 is 0 Å². The summed E-state index contributed by atoms with van der Waals surface area (Å²) in [7, 11) is -1.03. The summed E-state index contributed by atoms with van der Waals surface area (Å²) in [5, 5.41) is 9.34. The zero-order chi connectivity index (χ0) is 18.1. The Morgan fingerprint density at radius 1 is 1.17 bits per heavy atom. The molecule has 0 spiro atoms. The van der Waals surface area contributed by atoms with Crippen LogP contribution in [0.2, 0.25) is 0 Å². The Bertz CT molecular complexity index is 695. The molecule has 0 aromatic heterocycles. The molecule has 3 nitrogen and oxygen atoms in total. The number of rotatable bonds is 2. The third-order valence-corrected chi connectivity index (χ3v) is 4.57. The molecule has 1 heterocycles. The molecule has 2 rings (SSSR count). The number of aliphatic hydroxyl groups excluding tert-OH is 1. The predicted octanol–water partition coefficient (Wildman–Crippen LogP) is 3.75. The largest absolute Gasteiger partial charge is 0.525 e. The van der Waals surface area contributed by atoms with Gasteiger partial charge in [0.25, 0.3) is 0 Å². The van der Waals surface area contributed by atoms with Crippen LogP contribution < -0.4 is 0 Å². The molecule has 128 valence electrons. The molecule has 0 saturated carbocycles. The third kappa shape index (κ3) is 3.72. The first kappa shape index (κ1) is 18.7. The SMILES string of the molecule is CC(=C(F)B1OC(C)(C)C(C)(C)O1)c1ccccc1C#CC(C)O. The van der Waals surface area contributed by atoms with Crippen molar-refractivity contribution in [2.75, 3.05) is 0 Å². The third-order valence-electron chi connectivity index (χ3n) is 4.57. The van der Waals surface area contributed by atoms with Crippen molar-refractivity contribution in [2.24, 2.45) is 0 Å². The van der Waals surface area contributed by atoms with Crippen molar-refractivity contribution in [3.63, 3.8) is 0 Å². The van der Waals surface area contributed by atoms with Crippen molar-refractivity contribution in [3.05, 3.63) is 41.1 Å². The van der Waals surface area contributed by atoms with Crippen LogP contribution in [-0.4, -0.2) is 29.5 Å². The molecule has 1 fully saturated rings. The topological polar surface area (TPSA) is 38.7 Å². The fourth-order valence-electron chi connectivity index (χ4n) is 2.35. The average molecular weight is 330 g/mol. The number of allylic oxidation sites excluding steroid dienone is 1. The molecule has 1 atom stereocenters. The molecule has 0 radical (unpaired) electrons. The molecule has 0 aliphatic carbocycles. The number of hydrogen-bond donors (Lipinski definition) is 1. The van der Waals surface area contributed by atoms with E-state index in [0.29, 0.717) is 16.7 Å². The van der Waals surface area contributed by atoms with Gasteiger partial charge >= 0.3 is 7.12 Å². The van der Waals surface area contributed by atoms with Gasteiger partial charge in [-0.05, 0) is 58.7 Å². The number of benzene rings is 1. The lowest BCUT2D eigenvalue weighted by atomic mass is 9.82. The summed E-state index contributed by atoms with van der Waals surface area (Å²) >= 11 is 0. The molecule has 0 bridgehead atoms. The van der Waals surface area contributed by atoms with Gasteiger partial charge in [-0.25, -0.2) is 4.39 Å². The van der Waals surface area contributed by atoms with Gasteiger partial charge in [0.1, 0.15) is 11.8 Å². The maximum Gasteiger partial charge on any atom is 0.525 e. The molecule has 24 heavy (non-hydrogen) atoms. The quantitative estimate of drug-likeness (QED) is 0.663. The first-order valence-corrected chi connectivity index (χ1v) is 8.06. The summed E-state index contributed by atoms with van der Waals surface area (Å²) in [6.45, 7) is 10.8. The highest BCUT2D eigenvalue weighted by Gasteiger charge is 2.53. The fraction of sp³-hybridized carbons (Fsp3) is 0.474. The number of aliphatic hydroxyl groups is 1. The second-order valence-corrected chi connectivity index (χ2v) is 7.05. The zero-order valence-electron chi connectivity index (χ0n) is 15.1. The standard InChI is InChI=1S/C19H24BFO3/c1-13(22)11-12-15-9-7-8-10-16(15)14(2)17(21)20-23-18(3,4)19(5,6)24-20/h7-10,13,22H,1-6H3. The molecule has 1 aliphatic rings. The normalized spacial score (nSPS) is 20.9. The minimum absolute atomic E-state index is 0.420. The molecule has 5 heteroatoms. The van der Waals surface area contributed by atoms with E-state index in [1.54, 1.807) is 26.0 Å². The maximum atomic E-state index is 15.0. The van der Waals surface area contributed by atoms with Crippen LogP contribution in [0.1, 0.15) is 52.7 Å².